The number of carbonyl (C=O) groups excluding carboxylic acids is 6. The van der Waals surface area contributed by atoms with Crippen LogP contribution in [0.3, 0.4) is 0 Å². The summed E-state index contributed by atoms with van der Waals surface area (Å²) in [5, 5.41) is 21.2. The number of anilines is 1. The maximum absolute atomic E-state index is 13.4. The summed E-state index contributed by atoms with van der Waals surface area (Å²) < 4.78 is 40.6. The van der Waals surface area contributed by atoms with Crippen molar-refractivity contribution in [2.75, 3.05) is 132 Å². The Bertz CT molecular complexity index is 2900. The Balaban J connectivity index is 0.720. The zero-order valence-electron chi connectivity index (χ0n) is 51.5. The Morgan fingerprint density at radius 3 is 1.80 bits per heavy atom. The number of para-hydroxylation sites is 1. The number of urea groups is 1. The second-order valence-corrected chi connectivity index (χ2v) is 21.4. The summed E-state index contributed by atoms with van der Waals surface area (Å²) in [5.74, 6) is -2.07. The number of hydroxylamine groups is 1. The van der Waals surface area contributed by atoms with E-state index in [1.54, 1.807) is 38.3 Å². The summed E-state index contributed by atoms with van der Waals surface area (Å²) >= 11 is 0. The molecule has 24 heteroatoms. The Labute approximate surface area is 516 Å². The van der Waals surface area contributed by atoms with Gasteiger partial charge in [-0.2, -0.15) is 0 Å². The van der Waals surface area contributed by atoms with Crippen LogP contribution in [0.25, 0.3) is 22.0 Å². The number of hydrazine groups is 1. The highest BCUT2D eigenvalue weighted by Crippen LogP contribution is 2.44. The van der Waals surface area contributed by atoms with E-state index in [9.17, 15) is 28.8 Å². The van der Waals surface area contributed by atoms with E-state index < -0.39 is 29.9 Å². The summed E-state index contributed by atoms with van der Waals surface area (Å²) in [5.41, 5.74) is 13.7. The first-order valence-corrected chi connectivity index (χ1v) is 30.1. The van der Waals surface area contributed by atoms with Gasteiger partial charge in [-0.1, -0.05) is 92.7 Å². The smallest absolute Gasteiger partial charge is 0.312 e. The van der Waals surface area contributed by atoms with Crippen LogP contribution in [0.4, 0.5) is 10.5 Å². The number of hydrogen-bond donors (Lipinski definition) is 7. The second kappa shape index (κ2) is 38.8. The quantitative estimate of drug-likeness (QED) is 0.0207. The number of nitrogens with two attached hydrogens (primary N) is 1. The van der Waals surface area contributed by atoms with E-state index in [-0.39, 0.29) is 81.7 Å². The zero-order chi connectivity index (χ0) is 62.9. The van der Waals surface area contributed by atoms with Crippen molar-refractivity contribution in [3.05, 3.63) is 126 Å². The Morgan fingerprint density at radius 1 is 0.614 bits per heavy atom. The van der Waals surface area contributed by atoms with Gasteiger partial charge in [0.15, 0.2) is 0 Å². The molecule has 1 aromatic heterocycles. The van der Waals surface area contributed by atoms with Gasteiger partial charge < -0.3 is 75.4 Å². The molecule has 0 fully saturated rings. The van der Waals surface area contributed by atoms with Gasteiger partial charge in [0.2, 0.25) is 29.5 Å². The molecular weight excluding hydrogens is 1130 g/mol. The molecule has 0 unspecified atom stereocenters. The van der Waals surface area contributed by atoms with Crippen LogP contribution in [0.15, 0.2) is 103 Å². The summed E-state index contributed by atoms with van der Waals surface area (Å²) in [6.45, 7) is 9.70. The normalized spacial score (nSPS) is 12.7. The number of aromatic nitrogens is 1. The number of methoxy groups -OCH3 is 1. The average molecular weight is 1220 g/mol. The number of amides is 7. The lowest BCUT2D eigenvalue weighted by Crippen LogP contribution is -2.54. The zero-order valence-corrected chi connectivity index (χ0v) is 51.5. The van der Waals surface area contributed by atoms with Gasteiger partial charge in [-0.25, -0.2) is 9.80 Å². The van der Waals surface area contributed by atoms with E-state index in [2.05, 4.69) is 97.1 Å². The Kier molecular flexibility index (Phi) is 30.8. The third-order valence-corrected chi connectivity index (χ3v) is 14.5. The number of hydrogen-bond acceptors (Lipinski definition) is 16. The Morgan fingerprint density at radius 2 is 1.19 bits per heavy atom. The fraction of sp³-hybridized carbons (Fsp3) is 0.500. The molecule has 0 spiro atoms. The monoisotopic (exact) mass is 1220 g/mol. The molecule has 0 radical (unpaired) electrons. The largest absolute Gasteiger partial charge is 0.380 e. The van der Waals surface area contributed by atoms with Crippen molar-refractivity contribution in [3.63, 3.8) is 0 Å². The molecule has 480 valence electrons. The summed E-state index contributed by atoms with van der Waals surface area (Å²) in [6.07, 6.45) is 0.763. The van der Waals surface area contributed by atoms with Gasteiger partial charge in [-0.05, 0) is 76.2 Å². The average Bonchev–Trinajstić information content (AvgIpc) is 3.99. The van der Waals surface area contributed by atoms with Crippen molar-refractivity contribution in [1.82, 2.24) is 41.3 Å². The molecule has 24 nitrogen and oxygen atoms in total. The van der Waals surface area contributed by atoms with E-state index in [1.165, 1.54) is 22.3 Å². The first kappa shape index (κ1) is 69.7. The van der Waals surface area contributed by atoms with Crippen molar-refractivity contribution in [1.29, 1.82) is 0 Å². The minimum atomic E-state index is -0.960. The van der Waals surface area contributed by atoms with E-state index in [0.717, 1.165) is 22.2 Å². The molecule has 1 aliphatic carbocycles. The predicted octanol–water partition coefficient (Wildman–Crippen LogP) is 4.64. The lowest BCUT2D eigenvalue weighted by atomic mass is 9.98. The fourth-order valence-corrected chi connectivity index (χ4v) is 9.80. The molecule has 8 N–H and O–H groups in total. The molecule has 0 saturated carbocycles. The van der Waals surface area contributed by atoms with Crippen LogP contribution in [0, 0.1) is 5.92 Å². The first-order chi connectivity index (χ1) is 42.7. The van der Waals surface area contributed by atoms with Crippen molar-refractivity contribution >= 4 is 52.2 Å². The van der Waals surface area contributed by atoms with Gasteiger partial charge >= 0.3 is 6.03 Å². The van der Waals surface area contributed by atoms with E-state index in [0.29, 0.717) is 104 Å². The maximum atomic E-state index is 13.4. The van der Waals surface area contributed by atoms with E-state index >= 15 is 0 Å². The highest BCUT2D eigenvalue weighted by atomic mass is 16.7. The van der Waals surface area contributed by atoms with Gasteiger partial charge in [0.1, 0.15) is 12.1 Å². The highest BCUT2D eigenvalue weighted by Gasteiger charge is 2.31. The van der Waals surface area contributed by atoms with Crippen molar-refractivity contribution in [3.8, 4) is 11.1 Å². The van der Waals surface area contributed by atoms with Crippen LogP contribution in [-0.4, -0.2) is 189 Å². The summed E-state index contributed by atoms with van der Waals surface area (Å²) in [4.78, 5) is 82.6. The fourth-order valence-electron chi connectivity index (χ4n) is 9.80. The lowest BCUT2D eigenvalue weighted by molar-refractivity contribution is -0.264. The number of benzene rings is 4. The SMILES string of the molecule is COCc1ccc(NC(=O)[C@H](CCCNC(N)=O)NC(=O)[C@@H](NC(=O)CCOCCOCCOCCOCCOCCOCCNC(=O)CNC(=O)CCn2c(CN(C)N(C)OCC3c4ccccc4-c4ccccc43)cc3ccccc32)C(C)C)cc1. The molecule has 1 heterocycles. The second-order valence-electron chi connectivity index (χ2n) is 21.4. The molecule has 1 aliphatic rings. The molecule has 88 heavy (non-hydrogen) atoms. The van der Waals surface area contributed by atoms with E-state index in [4.69, 9.17) is 43.7 Å². The number of rotatable bonds is 44. The number of ether oxygens (including phenoxy) is 7. The minimum Gasteiger partial charge on any atom is -0.380 e. The van der Waals surface area contributed by atoms with Crippen LogP contribution < -0.4 is 37.6 Å². The van der Waals surface area contributed by atoms with Gasteiger partial charge in [-0.15, -0.1) is 5.17 Å². The van der Waals surface area contributed by atoms with Crippen molar-refractivity contribution in [2.45, 2.75) is 77.2 Å². The molecule has 0 bridgehead atoms. The number of nitrogens with zero attached hydrogens (tertiary/aromatic N) is 3. The summed E-state index contributed by atoms with van der Waals surface area (Å²) in [7, 11) is 5.48. The number of primary amides is 1. The topological polar surface area (TPSA) is 286 Å². The van der Waals surface area contributed by atoms with Crippen molar-refractivity contribution < 1.29 is 66.8 Å². The molecule has 0 aliphatic heterocycles. The summed E-state index contributed by atoms with van der Waals surface area (Å²) in [6, 6.07) is 31.8. The number of fused-ring (bicyclic) bond motifs is 4. The predicted molar refractivity (Wildman–Crippen MR) is 332 cm³/mol. The van der Waals surface area contributed by atoms with Crippen molar-refractivity contribution in [2.24, 2.45) is 11.7 Å². The molecule has 7 amide bonds. The molecule has 0 saturated heterocycles. The van der Waals surface area contributed by atoms with Crippen LogP contribution in [-0.2, 0) is 81.7 Å². The lowest BCUT2D eigenvalue weighted by Gasteiger charge is -2.29. The standard InChI is InChI=1S/C64H90N10O14/c1-46(2)61(63(79)70-56(18-12-26-67-64(65)80)62(78)69-49-22-20-47(21-23-49)44-81-5)71-59(76)25-29-82-31-33-84-35-37-86-39-40-87-38-36-85-34-32-83-30-27-66-60(77)42-68-58(75)24-28-74-50(41-48-13-6-11-19-57(48)74)43-72(3)73(4)88-45-55-53-16-9-7-14-51(53)52-15-8-10-17-54(52)55/h6-11,13-17,19-23,41,46,55-56,61H,12,18,24-40,42-45H2,1-5H3,(H,66,77)(H,68,75)(H,69,78)(H,70,79)(H,71,76)(H3,65,67,80)/t56-,61-/m0/s1. The minimum absolute atomic E-state index is 0.00792. The van der Waals surface area contributed by atoms with Crippen LogP contribution in [0.1, 0.15) is 67.8 Å². The highest BCUT2D eigenvalue weighted by molar-refractivity contribution is 5.98. The Hall–Kier alpha value is -7.36. The maximum Gasteiger partial charge on any atom is 0.312 e. The van der Waals surface area contributed by atoms with Crippen LogP contribution in [0.5, 0.6) is 0 Å². The molecule has 5 aromatic rings. The van der Waals surface area contributed by atoms with Gasteiger partial charge in [-0.3, -0.25) is 28.8 Å². The number of aryl methyl sites for hydroxylation is 1. The molecule has 2 atom stereocenters. The van der Waals surface area contributed by atoms with E-state index in [1.807, 2.05) is 49.4 Å². The first-order valence-electron chi connectivity index (χ1n) is 30.1. The van der Waals surface area contributed by atoms with Gasteiger partial charge in [0.05, 0.1) is 106 Å². The number of nitrogens with one attached hydrogen (secondary N) is 6. The molecular formula is C64H90N10O14. The third-order valence-electron chi connectivity index (χ3n) is 14.5. The van der Waals surface area contributed by atoms with Gasteiger partial charge in [0.25, 0.3) is 0 Å². The molecule has 6 rings (SSSR count). The third kappa shape index (κ3) is 24.0. The molecule has 4 aromatic carbocycles. The number of carbonyl (C=O) groups is 6. The van der Waals surface area contributed by atoms with Crippen LogP contribution in [0.2, 0.25) is 0 Å². The van der Waals surface area contributed by atoms with Crippen LogP contribution >= 0.6 is 0 Å². The van der Waals surface area contributed by atoms with Gasteiger partial charge in [0, 0.05) is 76.5 Å².